The predicted molar refractivity (Wildman–Crippen MR) is 84.5 cm³/mol. The Balaban J connectivity index is 2.67. The van der Waals surface area contributed by atoms with Crippen molar-refractivity contribution in [3.8, 4) is 0 Å². The number of amides is 1. The summed E-state index contributed by atoms with van der Waals surface area (Å²) in [6, 6.07) is 0.653. The van der Waals surface area contributed by atoms with Crippen LogP contribution in [0.25, 0.3) is 0 Å². The topological polar surface area (TPSA) is 58.4 Å². The molecule has 3 N–H and O–H groups in total. The van der Waals surface area contributed by atoms with Gasteiger partial charge in [-0.15, -0.1) is 0 Å². The van der Waals surface area contributed by atoms with Crippen LogP contribution in [-0.4, -0.2) is 41.5 Å². The fraction of sp³-hybridized carbons (Fsp3) is 0.938. The van der Waals surface area contributed by atoms with Gasteiger partial charge in [0.1, 0.15) is 0 Å². The van der Waals surface area contributed by atoms with Gasteiger partial charge in [-0.1, -0.05) is 13.8 Å². The minimum Gasteiger partial charge on any atom is -0.351 e. The molecule has 4 heteroatoms. The number of likely N-dealkylation sites (tertiary alicyclic amines) is 1. The van der Waals surface area contributed by atoms with E-state index in [0.29, 0.717) is 30.8 Å². The number of nitrogens with one attached hydrogen (secondary N) is 1. The van der Waals surface area contributed by atoms with E-state index in [-0.39, 0.29) is 17.5 Å². The van der Waals surface area contributed by atoms with Gasteiger partial charge in [-0.3, -0.25) is 9.69 Å². The van der Waals surface area contributed by atoms with E-state index in [1.807, 2.05) is 20.8 Å². The van der Waals surface area contributed by atoms with Gasteiger partial charge in [-0.2, -0.15) is 0 Å². The maximum atomic E-state index is 12.1. The third-order valence-electron chi connectivity index (χ3n) is 4.32. The molecule has 1 rings (SSSR count). The van der Waals surface area contributed by atoms with Crippen molar-refractivity contribution in [2.24, 2.45) is 17.6 Å². The van der Waals surface area contributed by atoms with Crippen LogP contribution in [0.1, 0.15) is 54.4 Å². The van der Waals surface area contributed by atoms with Crippen LogP contribution < -0.4 is 11.1 Å². The zero-order valence-corrected chi connectivity index (χ0v) is 14.1. The van der Waals surface area contributed by atoms with Crippen LogP contribution in [0.2, 0.25) is 0 Å². The summed E-state index contributed by atoms with van der Waals surface area (Å²) in [6.07, 6.45) is 1.76. The molecule has 20 heavy (non-hydrogen) atoms. The van der Waals surface area contributed by atoms with E-state index < -0.39 is 0 Å². The lowest BCUT2D eigenvalue weighted by molar-refractivity contribution is -0.124. The number of rotatable bonds is 4. The first-order chi connectivity index (χ1) is 9.14. The van der Waals surface area contributed by atoms with Gasteiger partial charge in [0.05, 0.1) is 0 Å². The zero-order valence-electron chi connectivity index (χ0n) is 14.1. The summed E-state index contributed by atoms with van der Waals surface area (Å²) >= 11 is 0. The number of piperidine rings is 1. The first-order valence-corrected chi connectivity index (χ1v) is 7.91. The smallest absolute Gasteiger partial charge is 0.222 e. The molecule has 1 aliphatic rings. The highest BCUT2D eigenvalue weighted by molar-refractivity contribution is 5.77. The maximum absolute atomic E-state index is 12.1. The monoisotopic (exact) mass is 283 g/mol. The van der Waals surface area contributed by atoms with Crippen molar-refractivity contribution in [3.05, 3.63) is 0 Å². The lowest BCUT2D eigenvalue weighted by atomic mass is 9.84. The van der Waals surface area contributed by atoms with E-state index in [4.69, 9.17) is 5.73 Å². The van der Waals surface area contributed by atoms with E-state index >= 15 is 0 Å². The molecule has 0 radical (unpaired) electrons. The van der Waals surface area contributed by atoms with Gasteiger partial charge in [-0.25, -0.2) is 0 Å². The van der Waals surface area contributed by atoms with Gasteiger partial charge in [-0.05, 0) is 46.0 Å². The number of nitrogens with zero attached hydrogens (tertiary/aromatic N) is 1. The molecule has 4 nitrogen and oxygen atoms in total. The minimum atomic E-state index is -0.176. The van der Waals surface area contributed by atoms with Gasteiger partial charge in [0.2, 0.25) is 5.91 Å². The minimum absolute atomic E-state index is 0.103. The van der Waals surface area contributed by atoms with Crippen LogP contribution in [0.15, 0.2) is 0 Å². The van der Waals surface area contributed by atoms with Crippen molar-refractivity contribution in [1.82, 2.24) is 10.2 Å². The summed E-state index contributed by atoms with van der Waals surface area (Å²) in [5.41, 5.74) is 5.77. The molecule has 4 atom stereocenters. The maximum Gasteiger partial charge on any atom is 0.222 e. The predicted octanol–water partition coefficient (Wildman–Crippen LogP) is 1.98. The number of carbonyl (C=O) groups excluding carboxylic acids is 1. The van der Waals surface area contributed by atoms with Crippen molar-refractivity contribution in [3.63, 3.8) is 0 Å². The number of nitrogens with two attached hydrogens (primary N) is 1. The summed E-state index contributed by atoms with van der Waals surface area (Å²) in [7, 11) is 0. The van der Waals surface area contributed by atoms with E-state index in [1.54, 1.807) is 0 Å². The summed E-state index contributed by atoms with van der Waals surface area (Å²) in [5, 5.41) is 3.04. The van der Waals surface area contributed by atoms with Gasteiger partial charge in [0.15, 0.2) is 0 Å². The molecule has 1 heterocycles. The van der Waals surface area contributed by atoms with E-state index in [0.717, 1.165) is 6.54 Å². The molecule has 4 unspecified atom stereocenters. The molecule has 1 saturated heterocycles. The van der Waals surface area contributed by atoms with Gasteiger partial charge in [0, 0.05) is 37.1 Å². The van der Waals surface area contributed by atoms with Crippen LogP contribution in [0.5, 0.6) is 0 Å². The molecule has 0 aromatic rings. The van der Waals surface area contributed by atoms with Gasteiger partial charge < -0.3 is 11.1 Å². The third kappa shape index (κ3) is 5.06. The number of hydrogen-bond donors (Lipinski definition) is 2. The Bertz CT molecular complexity index is 324. The van der Waals surface area contributed by atoms with Crippen molar-refractivity contribution in [1.29, 1.82) is 0 Å². The first kappa shape index (κ1) is 17.4. The summed E-state index contributed by atoms with van der Waals surface area (Å²) in [4.78, 5) is 14.6. The molecular weight excluding hydrogens is 250 g/mol. The SMILES string of the molecule is CC1CC(C)C(C)N(C(CN)CC(=O)NC(C)(C)C)C1. The quantitative estimate of drug-likeness (QED) is 0.829. The summed E-state index contributed by atoms with van der Waals surface area (Å²) in [6.45, 7) is 14.5. The Morgan fingerprint density at radius 1 is 1.35 bits per heavy atom. The number of hydrogen-bond acceptors (Lipinski definition) is 3. The summed E-state index contributed by atoms with van der Waals surface area (Å²) < 4.78 is 0. The molecule has 1 amide bonds. The second kappa shape index (κ2) is 6.90. The Labute approximate surface area is 124 Å². The van der Waals surface area contributed by atoms with Crippen LogP contribution in [-0.2, 0) is 4.79 Å². The van der Waals surface area contributed by atoms with Gasteiger partial charge >= 0.3 is 0 Å². The average Bonchev–Trinajstić information content (AvgIpc) is 2.28. The fourth-order valence-corrected chi connectivity index (χ4v) is 3.26. The first-order valence-electron chi connectivity index (χ1n) is 7.91. The highest BCUT2D eigenvalue weighted by atomic mass is 16.1. The van der Waals surface area contributed by atoms with Crippen LogP contribution in [0, 0.1) is 11.8 Å². The lowest BCUT2D eigenvalue weighted by Crippen LogP contribution is -2.55. The Morgan fingerprint density at radius 2 is 1.95 bits per heavy atom. The average molecular weight is 283 g/mol. The molecule has 118 valence electrons. The third-order valence-corrected chi connectivity index (χ3v) is 4.32. The van der Waals surface area contributed by atoms with Crippen molar-refractivity contribution >= 4 is 5.91 Å². The Hall–Kier alpha value is -0.610. The van der Waals surface area contributed by atoms with Crippen molar-refractivity contribution in [2.75, 3.05) is 13.1 Å². The molecular formula is C16H33N3O. The summed E-state index contributed by atoms with van der Waals surface area (Å²) in [5.74, 6) is 1.45. The normalized spacial score (nSPS) is 30.1. The van der Waals surface area contributed by atoms with E-state index in [1.165, 1.54) is 6.42 Å². The van der Waals surface area contributed by atoms with Crippen LogP contribution >= 0.6 is 0 Å². The molecule has 0 bridgehead atoms. The highest BCUT2D eigenvalue weighted by Gasteiger charge is 2.33. The van der Waals surface area contributed by atoms with Gasteiger partial charge in [0.25, 0.3) is 0 Å². The van der Waals surface area contributed by atoms with Crippen molar-refractivity contribution < 1.29 is 4.79 Å². The zero-order chi connectivity index (χ0) is 15.5. The largest absolute Gasteiger partial charge is 0.351 e. The molecule has 0 spiro atoms. The molecule has 0 aromatic carbocycles. The van der Waals surface area contributed by atoms with Crippen molar-refractivity contribution in [2.45, 2.75) is 72.0 Å². The second-order valence-electron chi connectivity index (χ2n) is 7.65. The fourth-order valence-electron chi connectivity index (χ4n) is 3.26. The highest BCUT2D eigenvalue weighted by Crippen LogP contribution is 2.29. The molecule has 0 aromatic heterocycles. The Morgan fingerprint density at radius 3 is 2.45 bits per heavy atom. The molecule has 0 saturated carbocycles. The second-order valence-corrected chi connectivity index (χ2v) is 7.65. The van der Waals surface area contributed by atoms with E-state index in [2.05, 4.69) is 31.0 Å². The molecule has 1 aliphatic heterocycles. The Kier molecular flexibility index (Phi) is 6.02. The lowest BCUT2D eigenvalue weighted by Gasteiger charge is -2.45. The number of carbonyl (C=O) groups is 1. The van der Waals surface area contributed by atoms with Crippen LogP contribution in [0.4, 0.5) is 0 Å². The molecule has 1 fully saturated rings. The molecule has 0 aliphatic carbocycles. The standard InChI is InChI=1S/C16H33N3O/c1-11-7-12(2)13(3)19(10-11)14(9-17)8-15(20)18-16(4,5)6/h11-14H,7-10,17H2,1-6H3,(H,18,20). The van der Waals surface area contributed by atoms with Crippen LogP contribution in [0.3, 0.4) is 0 Å². The van der Waals surface area contributed by atoms with E-state index in [9.17, 15) is 4.79 Å².